The Morgan fingerprint density at radius 3 is 2.79 bits per heavy atom. The van der Waals surface area contributed by atoms with Crippen LogP contribution in [0.3, 0.4) is 0 Å². The maximum atomic E-state index is 11.3. The minimum atomic E-state index is -0.224. The number of esters is 1. The lowest BCUT2D eigenvalue weighted by Crippen LogP contribution is -2.29. The second-order valence-electron chi connectivity index (χ2n) is 4.54. The number of hydrogen-bond donors (Lipinski definition) is 0. The molecule has 1 aromatic carbocycles. The van der Waals surface area contributed by atoms with Gasteiger partial charge < -0.3 is 9.64 Å². The van der Waals surface area contributed by atoms with Crippen LogP contribution in [0.5, 0.6) is 0 Å². The highest BCUT2D eigenvalue weighted by Gasteiger charge is 2.16. The van der Waals surface area contributed by atoms with Gasteiger partial charge in [-0.15, -0.1) is 0 Å². The number of hydrogen-bond acceptors (Lipinski definition) is 4. The number of nitriles is 1. The van der Waals surface area contributed by atoms with Gasteiger partial charge in [0.1, 0.15) is 0 Å². The van der Waals surface area contributed by atoms with Crippen LogP contribution in [0.2, 0.25) is 5.02 Å². The third-order valence-corrected chi connectivity index (χ3v) is 3.16. The van der Waals surface area contributed by atoms with Crippen LogP contribution in [0.15, 0.2) is 18.2 Å². The molecule has 0 aliphatic heterocycles. The Bertz CT molecular complexity index is 497. The molecule has 5 heteroatoms. The molecule has 0 N–H and O–H groups in total. The molecule has 0 heterocycles. The number of carbonyl (C=O) groups excluding carboxylic acids is 1. The van der Waals surface area contributed by atoms with E-state index in [1.54, 1.807) is 12.1 Å². The Morgan fingerprint density at radius 1 is 1.58 bits per heavy atom. The number of carbonyl (C=O) groups is 1. The lowest BCUT2D eigenvalue weighted by Gasteiger charge is -2.20. The highest BCUT2D eigenvalue weighted by molar-refractivity contribution is 6.31. The normalized spacial score (nSPS) is 12.0. The van der Waals surface area contributed by atoms with E-state index in [4.69, 9.17) is 16.9 Å². The van der Waals surface area contributed by atoms with E-state index in [2.05, 4.69) is 4.74 Å². The van der Waals surface area contributed by atoms with Crippen LogP contribution >= 0.6 is 11.6 Å². The molecule has 19 heavy (non-hydrogen) atoms. The molecule has 0 aliphatic rings. The Balaban J connectivity index is 2.65. The predicted octanol–water partition coefficient (Wildman–Crippen LogP) is 2.45. The van der Waals surface area contributed by atoms with Gasteiger partial charge in [0, 0.05) is 18.1 Å². The topological polar surface area (TPSA) is 53.3 Å². The summed E-state index contributed by atoms with van der Waals surface area (Å²) in [7, 11) is 3.30. The van der Waals surface area contributed by atoms with E-state index in [0.717, 1.165) is 5.56 Å². The summed E-state index contributed by atoms with van der Waals surface area (Å²) in [5.74, 6) is -0.412. The smallest absolute Gasteiger partial charge is 0.309 e. The van der Waals surface area contributed by atoms with Crippen molar-refractivity contribution in [2.45, 2.75) is 13.5 Å². The summed E-state index contributed by atoms with van der Waals surface area (Å²) >= 11 is 6.11. The number of halogens is 1. The van der Waals surface area contributed by atoms with Gasteiger partial charge in [-0.1, -0.05) is 24.6 Å². The molecule has 0 aromatic heterocycles. The third-order valence-electron chi connectivity index (χ3n) is 2.81. The first kappa shape index (κ1) is 15.5. The van der Waals surface area contributed by atoms with Gasteiger partial charge in [-0.2, -0.15) is 5.26 Å². The van der Waals surface area contributed by atoms with E-state index in [1.807, 2.05) is 31.0 Å². The zero-order valence-corrected chi connectivity index (χ0v) is 12.1. The quantitative estimate of drug-likeness (QED) is 0.778. The fourth-order valence-corrected chi connectivity index (χ4v) is 2.08. The van der Waals surface area contributed by atoms with Crippen LogP contribution in [-0.2, 0) is 16.1 Å². The maximum absolute atomic E-state index is 11.3. The molecule has 0 amide bonds. The van der Waals surface area contributed by atoms with Crippen molar-refractivity contribution in [3.05, 3.63) is 34.3 Å². The van der Waals surface area contributed by atoms with Gasteiger partial charge >= 0.3 is 5.97 Å². The van der Waals surface area contributed by atoms with E-state index in [-0.39, 0.29) is 11.9 Å². The monoisotopic (exact) mass is 280 g/mol. The average molecular weight is 281 g/mol. The van der Waals surface area contributed by atoms with Crippen molar-refractivity contribution in [2.24, 2.45) is 5.92 Å². The SMILES string of the molecule is COC(=O)C(C)CN(C)Cc1ccc(C#N)cc1Cl. The van der Waals surface area contributed by atoms with Crippen LogP contribution in [0, 0.1) is 17.2 Å². The first-order chi connectivity index (χ1) is 8.97. The lowest BCUT2D eigenvalue weighted by atomic mass is 10.1. The molecule has 0 spiro atoms. The van der Waals surface area contributed by atoms with Crippen LogP contribution in [-0.4, -0.2) is 31.6 Å². The van der Waals surface area contributed by atoms with Crippen molar-refractivity contribution in [2.75, 3.05) is 20.7 Å². The Morgan fingerprint density at radius 2 is 2.26 bits per heavy atom. The van der Waals surface area contributed by atoms with Gasteiger partial charge in [0.2, 0.25) is 0 Å². The number of nitrogens with zero attached hydrogens (tertiary/aromatic N) is 2. The molecule has 0 radical (unpaired) electrons. The molecule has 1 atom stereocenters. The standard InChI is InChI=1S/C14H17ClN2O2/c1-10(14(18)19-3)8-17(2)9-12-5-4-11(7-16)6-13(12)15/h4-6,10H,8-9H2,1-3H3. The lowest BCUT2D eigenvalue weighted by molar-refractivity contribution is -0.145. The van der Waals surface area contributed by atoms with Gasteiger partial charge in [-0.3, -0.25) is 4.79 Å². The fraction of sp³-hybridized carbons (Fsp3) is 0.429. The van der Waals surface area contributed by atoms with Crippen molar-refractivity contribution >= 4 is 17.6 Å². The number of methoxy groups -OCH3 is 1. The van der Waals surface area contributed by atoms with E-state index in [1.165, 1.54) is 7.11 Å². The third kappa shape index (κ3) is 4.55. The molecule has 4 nitrogen and oxygen atoms in total. The second kappa shape index (κ2) is 7.13. The minimum Gasteiger partial charge on any atom is -0.469 e. The maximum Gasteiger partial charge on any atom is 0.309 e. The molecular formula is C14H17ClN2O2. The first-order valence-electron chi connectivity index (χ1n) is 5.92. The van der Waals surface area contributed by atoms with Gasteiger partial charge in [0.25, 0.3) is 0 Å². The minimum absolute atomic E-state index is 0.188. The molecule has 0 fully saturated rings. The largest absolute Gasteiger partial charge is 0.469 e. The highest BCUT2D eigenvalue weighted by Crippen LogP contribution is 2.19. The summed E-state index contributed by atoms with van der Waals surface area (Å²) in [6, 6.07) is 7.26. The van der Waals surface area contributed by atoms with Crippen LogP contribution < -0.4 is 0 Å². The summed E-state index contributed by atoms with van der Waals surface area (Å²) in [6.07, 6.45) is 0. The van der Waals surface area contributed by atoms with E-state index >= 15 is 0 Å². The summed E-state index contributed by atoms with van der Waals surface area (Å²) in [4.78, 5) is 13.3. The van der Waals surface area contributed by atoms with Crippen LogP contribution in [0.25, 0.3) is 0 Å². The summed E-state index contributed by atoms with van der Waals surface area (Å²) < 4.78 is 4.69. The molecule has 1 aromatic rings. The Hall–Kier alpha value is -1.57. The predicted molar refractivity (Wildman–Crippen MR) is 73.7 cm³/mol. The highest BCUT2D eigenvalue weighted by atomic mass is 35.5. The van der Waals surface area contributed by atoms with Crippen molar-refractivity contribution < 1.29 is 9.53 Å². The van der Waals surface area contributed by atoms with Gasteiger partial charge in [0.05, 0.1) is 24.7 Å². The molecule has 102 valence electrons. The summed E-state index contributed by atoms with van der Waals surface area (Å²) in [5.41, 5.74) is 1.47. The van der Waals surface area contributed by atoms with Crippen molar-refractivity contribution in [1.29, 1.82) is 5.26 Å². The second-order valence-corrected chi connectivity index (χ2v) is 4.95. The Kier molecular flexibility index (Phi) is 5.81. The average Bonchev–Trinajstić information content (AvgIpc) is 2.39. The van der Waals surface area contributed by atoms with Crippen molar-refractivity contribution in [3.8, 4) is 6.07 Å². The molecule has 1 unspecified atom stereocenters. The molecule has 0 bridgehead atoms. The molecule has 0 saturated heterocycles. The first-order valence-corrected chi connectivity index (χ1v) is 6.30. The molecular weight excluding hydrogens is 264 g/mol. The van der Waals surface area contributed by atoms with E-state index < -0.39 is 0 Å². The number of ether oxygens (including phenoxy) is 1. The molecule has 0 saturated carbocycles. The van der Waals surface area contributed by atoms with Crippen LogP contribution in [0.4, 0.5) is 0 Å². The zero-order chi connectivity index (χ0) is 14.4. The van der Waals surface area contributed by atoms with Crippen molar-refractivity contribution in [1.82, 2.24) is 4.90 Å². The summed E-state index contributed by atoms with van der Waals surface area (Å²) in [5, 5.41) is 9.34. The Labute approximate surface area is 118 Å². The fourth-order valence-electron chi connectivity index (χ4n) is 1.84. The molecule has 0 aliphatic carbocycles. The number of benzene rings is 1. The van der Waals surface area contributed by atoms with Gasteiger partial charge in [0.15, 0.2) is 0 Å². The zero-order valence-electron chi connectivity index (χ0n) is 11.3. The van der Waals surface area contributed by atoms with E-state index in [9.17, 15) is 4.79 Å². The van der Waals surface area contributed by atoms with Crippen molar-refractivity contribution in [3.63, 3.8) is 0 Å². The van der Waals surface area contributed by atoms with Gasteiger partial charge in [-0.25, -0.2) is 0 Å². The van der Waals surface area contributed by atoms with Gasteiger partial charge in [-0.05, 0) is 24.7 Å². The number of rotatable bonds is 5. The van der Waals surface area contributed by atoms with E-state index in [0.29, 0.717) is 23.7 Å². The van der Waals surface area contributed by atoms with Crippen LogP contribution in [0.1, 0.15) is 18.1 Å². The summed E-state index contributed by atoms with van der Waals surface area (Å²) in [6.45, 7) is 3.03. The molecule has 1 rings (SSSR count).